The molecule has 2 heterocycles. The van der Waals surface area contributed by atoms with Crippen LogP contribution in [-0.2, 0) is 6.54 Å². The Balaban J connectivity index is 1.30. The number of carbonyl (C=O) groups is 1. The molecule has 0 unspecified atom stereocenters. The highest BCUT2D eigenvalue weighted by Crippen LogP contribution is 2.55. The number of para-hydroxylation sites is 1. The second-order valence-electron chi connectivity index (χ2n) is 11.4. The summed E-state index contributed by atoms with van der Waals surface area (Å²) in [5, 5.41) is 3.65. The van der Waals surface area contributed by atoms with Crippen LogP contribution in [0.25, 0.3) is 5.69 Å². The number of nitrogens with zero attached hydrogens (tertiary/aromatic N) is 2. The number of fused-ring (bicyclic) bond motifs is 3. The van der Waals surface area contributed by atoms with Crippen LogP contribution in [0.4, 0.5) is 4.79 Å². The predicted octanol–water partition coefficient (Wildman–Crippen LogP) is 6.07. The number of hydrogen-bond donors (Lipinski definition) is 1. The van der Waals surface area contributed by atoms with Crippen LogP contribution in [0, 0.1) is 17.8 Å². The van der Waals surface area contributed by atoms with Gasteiger partial charge in [-0.2, -0.15) is 0 Å². The van der Waals surface area contributed by atoms with Gasteiger partial charge in [-0.25, -0.2) is 4.79 Å². The third-order valence-corrected chi connectivity index (χ3v) is 9.07. The summed E-state index contributed by atoms with van der Waals surface area (Å²) in [6.45, 7) is 0.576. The van der Waals surface area contributed by atoms with Crippen LogP contribution in [0.15, 0.2) is 66.9 Å². The van der Waals surface area contributed by atoms with E-state index in [9.17, 15) is 4.79 Å². The van der Waals surface area contributed by atoms with Crippen LogP contribution in [0.3, 0.4) is 0 Å². The summed E-state index contributed by atoms with van der Waals surface area (Å²) >= 11 is 0. The summed E-state index contributed by atoms with van der Waals surface area (Å²) in [4.78, 5) is 16.3. The van der Waals surface area contributed by atoms with E-state index in [1.807, 2.05) is 12.1 Å². The minimum Gasteiger partial charge on any atom is -0.497 e. The average molecular weight is 468 g/mol. The van der Waals surface area contributed by atoms with Gasteiger partial charge in [-0.05, 0) is 97.7 Å². The fourth-order valence-corrected chi connectivity index (χ4v) is 8.04. The molecule has 3 aromatic rings. The summed E-state index contributed by atoms with van der Waals surface area (Å²) in [5.74, 6) is 3.20. The maximum Gasteiger partial charge on any atom is 0.318 e. The second-order valence-corrected chi connectivity index (χ2v) is 11.4. The zero-order valence-corrected chi connectivity index (χ0v) is 20.3. The summed E-state index contributed by atoms with van der Waals surface area (Å²) in [5.41, 5.74) is 4.50. The van der Waals surface area contributed by atoms with Crippen LogP contribution in [-0.4, -0.2) is 28.1 Å². The van der Waals surface area contributed by atoms with Gasteiger partial charge in [-0.3, -0.25) is 0 Å². The van der Waals surface area contributed by atoms with E-state index in [-0.39, 0.29) is 17.6 Å². The van der Waals surface area contributed by atoms with Gasteiger partial charge in [0.2, 0.25) is 0 Å². The number of nitrogens with one attached hydrogen (secondary N) is 1. The molecule has 1 N–H and O–H groups in total. The van der Waals surface area contributed by atoms with Crippen LogP contribution >= 0.6 is 0 Å². The van der Waals surface area contributed by atoms with Crippen LogP contribution in [0.5, 0.6) is 5.75 Å². The molecule has 35 heavy (non-hydrogen) atoms. The van der Waals surface area contributed by atoms with E-state index < -0.39 is 0 Å². The van der Waals surface area contributed by atoms with Crippen molar-refractivity contribution in [2.24, 2.45) is 17.8 Å². The summed E-state index contributed by atoms with van der Waals surface area (Å²) in [7, 11) is 1.69. The Morgan fingerprint density at radius 2 is 1.60 bits per heavy atom. The molecule has 1 atom stereocenters. The van der Waals surface area contributed by atoms with E-state index in [4.69, 9.17) is 4.74 Å². The average Bonchev–Trinajstić information content (AvgIpc) is 3.27. The molecule has 1 aliphatic heterocycles. The van der Waals surface area contributed by atoms with E-state index in [0.717, 1.165) is 59.7 Å². The molecule has 5 nitrogen and oxygen atoms in total. The number of aromatic nitrogens is 1. The van der Waals surface area contributed by atoms with Crippen molar-refractivity contribution in [1.29, 1.82) is 0 Å². The van der Waals surface area contributed by atoms with Crippen molar-refractivity contribution < 1.29 is 9.53 Å². The summed E-state index contributed by atoms with van der Waals surface area (Å²) < 4.78 is 7.67. The number of urea groups is 1. The van der Waals surface area contributed by atoms with Gasteiger partial charge < -0.3 is 19.5 Å². The Kier molecular flexibility index (Phi) is 4.77. The molecular formula is C30H33N3O2. The van der Waals surface area contributed by atoms with Crippen molar-refractivity contribution in [2.75, 3.05) is 7.11 Å². The minimum atomic E-state index is -0.183. The Labute approximate surface area is 207 Å². The topological polar surface area (TPSA) is 46.5 Å². The zero-order chi connectivity index (χ0) is 23.6. The lowest BCUT2D eigenvalue weighted by molar-refractivity contribution is -0.0163. The first-order chi connectivity index (χ1) is 17.1. The van der Waals surface area contributed by atoms with Crippen molar-refractivity contribution in [3.8, 4) is 11.4 Å². The standard InChI is InChI=1S/C30H33N3O2/c1-35-25-10-8-23(9-11-25)28-27-7-4-12-32(27)26-6-3-2-5-24(26)19-33(28)29(34)31-30-16-20-13-21(17-30)15-22(14-20)18-30/h2-12,20-22,28H,13-19H2,1H3,(H,31,34)/t20?,21?,22?,28-,30?/m1/s1. The Morgan fingerprint density at radius 3 is 2.29 bits per heavy atom. The molecule has 1 aromatic heterocycles. The van der Waals surface area contributed by atoms with E-state index >= 15 is 0 Å². The van der Waals surface area contributed by atoms with Gasteiger partial charge >= 0.3 is 6.03 Å². The van der Waals surface area contributed by atoms with Gasteiger partial charge in [-0.15, -0.1) is 0 Å². The first-order valence-electron chi connectivity index (χ1n) is 13.1. The van der Waals surface area contributed by atoms with Gasteiger partial charge in [0.1, 0.15) is 5.75 Å². The van der Waals surface area contributed by atoms with E-state index in [2.05, 4.69) is 69.5 Å². The smallest absolute Gasteiger partial charge is 0.318 e. The third-order valence-electron chi connectivity index (χ3n) is 9.07. The van der Waals surface area contributed by atoms with E-state index in [0.29, 0.717) is 6.54 Å². The molecule has 0 saturated heterocycles. The number of methoxy groups -OCH3 is 1. The molecule has 4 bridgehead atoms. The number of carbonyl (C=O) groups excluding carboxylic acids is 1. The third kappa shape index (κ3) is 3.47. The van der Waals surface area contributed by atoms with Gasteiger partial charge in [0.05, 0.1) is 25.4 Å². The predicted molar refractivity (Wildman–Crippen MR) is 136 cm³/mol. The highest BCUT2D eigenvalue weighted by Gasteiger charge is 2.52. The lowest BCUT2D eigenvalue weighted by Gasteiger charge is -2.57. The van der Waals surface area contributed by atoms with E-state index in [1.165, 1.54) is 24.8 Å². The summed E-state index contributed by atoms with van der Waals surface area (Å²) in [6.07, 6.45) is 9.68. The first-order valence-corrected chi connectivity index (χ1v) is 13.1. The molecule has 4 saturated carbocycles. The minimum absolute atomic E-state index is 0.0237. The quantitative estimate of drug-likeness (QED) is 0.508. The highest BCUT2D eigenvalue weighted by atomic mass is 16.5. The second kappa shape index (κ2) is 7.91. The molecule has 0 radical (unpaired) electrons. The SMILES string of the molecule is COc1ccc([C@@H]2c3cccn3-c3ccccc3CN2C(=O)NC23CC4CC(CC(C4)C2)C3)cc1. The van der Waals surface area contributed by atoms with Gasteiger partial charge in [0.15, 0.2) is 0 Å². The molecule has 4 fully saturated rings. The van der Waals surface area contributed by atoms with Gasteiger partial charge in [-0.1, -0.05) is 30.3 Å². The lowest BCUT2D eigenvalue weighted by atomic mass is 9.53. The molecule has 0 spiro atoms. The Bertz CT molecular complexity index is 1230. The van der Waals surface area contributed by atoms with E-state index in [1.54, 1.807) is 7.11 Å². The maximum absolute atomic E-state index is 14.3. The maximum atomic E-state index is 14.3. The monoisotopic (exact) mass is 467 g/mol. The Hall–Kier alpha value is -3.21. The molecule has 5 heteroatoms. The van der Waals surface area contributed by atoms with Gasteiger partial charge in [0.25, 0.3) is 0 Å². The molecular weight excluding hydrogens is 434 g/mol. The number of benzene rings is 2. The Morgan fingerprint density at radius 1 is 0.914 bits per heavy atom. The van der Waals surface area contributed by atoms with Crippen molar-refractivity contribution in [3.63, 3.8) is 0 Å². The first kappa shape index (κ1) is 21.1. The zero-order valence-electron chi connectivity index (χ0n) is 20.3. The van der Waals surface area contributed by atoms with Crippen molar-refractivity contribution in [2.45, 2.75) is 56.7 Å². The normalized spacial score (nSPS) is 30.4. The molecule has 180 valence electrons. The van der Waals surface area contributed by atoms with Crippen molar-refractivity contribution in [1.82, 2.24) is 14.8 Å². The van der Waals surface area contributed by atoms with Gasteiger partial charge in [0, 0.05) is 17.4 Å². The number of hydrogen-bond acceptors (Lipinski definition) is 2. The van der Waals surface area contributed by atoms with Crippen LogP contribution in [0.1, 0.15) is 61.4 Å². The number of ether oxygens (including phenoxy) is 1. The number of amides is 2. The molecule has 2 aromatic carbocycles. The largest absolute Gasteiger partial charge is 0.497 e. The van der Waals surface area contributed by atoms with Crippen LogP contribution in [0.2, 0.25) is 0 Å². The number of rotatable bonds is 3. The van der Waals surface area contributed by atoms with Crippen molar-refractivity contribution in [3.05, 3.63) is 83.7 Å². The lowest BCUT2D eigenvalue weighted by Crippen LogP contribution is -2.62. The molecule has 2 amide bonds. The fraction of sp³-hybridized carbons (Fsp3) is 0.433. The fourth-order valence-electron chi connectivity index (χ4n) is 8.04. The van der Waals surface area contributed by atoms with Crippen molar-refractivity contribution >= 4 is 6.03 Å². The highest BCUT2D eigenvalue weighted by molar-refractivity contribution is 5.77. The molecule has 5 aliphatic rings. The van der Waals surface area contributed by atoms with Crippen LogP contribution < -0.4 is 10.1 Å². The molecule has 8 rings (SSSR count). The summed E-state index contributed by atoms with van der Waals surface area (Å²) in [6, 6.07) is 20.8. The molecule has 4 aliphatic carbocycles.